The van der Waals surface area contributed by atoms with E-state index in [9.17, 15) is 9.59 Å². The van der Waals surface area contributed by atoms with E-state index in [0.717, 1.165) is 10.9 Å². The Balaban J connectivity index is 1.70. The van der Waals surface area contributed by atoms with Crippen LogP contribution >= 0.6 is 0 Å². The lowest BCUT2D eigenvalue weighted by atomic mass is 10.2. The summed E-state index contributed by atoms with van der Waals surface area (Å²) >= 11 is 0. The maximum absolute atomic E-state index is 12.0. The third-order valence-electron chi connectivity index (χ3n) is 3.04. The first-order chi connectivity index (χ1) is 9.22. The topological polar surface area (TPSA) is 98.9 Å². The molecule has 7 nitrogen and oxygen atoms in total. The van der Waals surface area contributed by atoms with Crippen LogP contribution in [0.4, 0.5) is 5.69 Å². The zero-order valence-electron chi connectivity index (χ0n) is 10.1. The Morgan fingerprint density at radius 3 is 3.11 bits per heavy atom. The van der Waals surface area contributed by atoms with E-state index in [4.69, 9.17) is 0 Å². The molecule has 98 valence electrons. The number of aromatic amines is 1. The zero-order chi connectivity index (χ0) is 13.2. The van der Waals surface area contributed by atoms with E-state index in [0.29, 0.717) is 12.2 Å². The van der Waals surface area contributed by atoms with Crippen molar-refractivity contribution in [3.05, 3.63) is 24.4 Å². The molecule has 2 heterocycles. The van der Waals surface area contributed by atoms with E-state index < -0.39 is 6.04 Å². The minimum atomic E-state index is -0.407. The highest BCUT2D eigenvalue weighted by Crippen LogP contribution is 2.16. The predicted octanol–water partition coefficient (Wildman–Crippen LogP) is -0.411. The average Bonchev–Trinajstić information content (AvgIpc) is 2.87. The van der Waals surface area contributed by atoms with Crippen LogP contribution in [0.15, 0.2) is 24.4 Å². The molecule has 2 aromatic rings. The van der Waals surface area contributed by atoms with Gasteiger partial charge in [0, 0.05) is 17.6 Å². The molecule has 1 aromatic heterocycles. The van der Waals surface area contributed by atoms with Crippen molar-refractivity contribution in [3.63, 3.8) is 0 Å². The van der Waals surface area contributed by atoms with Crippen LogP contribution in [0.2, 0.25) is 0 Å². The van der Waals surface area contributed by atoms with Gasteiger partial charge in [0.25, 0.3) is 0 Å². The van der Waals surface area contributed by atoms with Gasteiger partial charge in [-0.25, -0.2) is 0 Å². The lowest BCUT2D eigenvalue weighted by molar-refractivity contribution is -0.124. The molecule has 1 aliphatic heterocycles. The molecule has 3 rings (SSSR count). The van der Waals surface area contributed by atoms with E-state index in [2.05, 4.69) is 26.1 Å². The van der Waals surface area contributed by atoms with Gasteiger partial charge in [-0.1, -0.05) is 0 Å². The first-order valence-corrected chi connectivity index (χ1v) is 5.96. The van der Waals surface area contributed by atoms with Crippen molar-refractivity contribution in [2.45, 2.75) is 6.04 Å². The van der Waals surface area contributed by atoms with Crippen LogP contribution in [-0.4, -0.2) is 41.1 Å². The van der Waals surface area contributed by atoms with Gasteiger partial charge in [-0.2, -0.15) is 5.10 Å². The fraction of sp³-hybridized carbons (Fsp3) is 0.250. The van der Waals surface area contributed by atoms with Gasteiger partial charge in [-0.15, -0.1) is 0 Å². The number of piperazine rings is 1. The Labute approximate surface area is 108 Å². The zero-order valence-corrected chi connectivity index (χ0v) is 10.1. The number of H-pyrrole nitrogens is 1. The fourth-order valence-corrected chi connectivity index (χ4v) is 2.00. The van der Waals surface area contributed by atoms with Gasteiger partial charge < -0.3 is 10.6 Å². The second kappa shape index (κ2) is 4.69. The summed E-state index contributed by atoms with van der Waals surface area (Å²) in [6.07, 6.45) is 1.72. The molecule has 1 aliphatic rings. The van der Waals surface area contributed by atoms with Gasteiger partial charge in [-0.3, -0.25) is 20.0 Å². The van der Waals surface area contributed by atoms with Crippen LogP contribution < -0.4 is 16.0 Å². The number of carbonyl (C=O) groups excluding carboxylic acids is 2. The van der Waals surface area contributed by atoms with Crippen LogP contribution in [0.25, 0.3) is 10.9 Å². The van der Waals surface area contributed by atoms with E-state index in [1.54, 1.807) is 6.20 Å². The molecule has 0 spiro atoms. The second-order valence-corrected chi connectivity index (χ2v) is 4.40. The van der Waals surface area contributed by atoms with Crippen molar-refractivity contribution in [3.8, 4) is 0 Å². The van der Waals surface area contributed by atoms with Crippen molar-refractivity contribution in [1.29, 1.82) is 0 Å². The number of anilines is 1. The smallest absolute Gasteiger partial charge is 0.243 e. The molecule has 1 unspecified atom stereocenters. The maximum atomic E-state index is 12.0. The summed E-state index contributed by atoms with van der Waals surface area (Å²) in [7, 11) is 0. The highest BCUT2D eigenvalue weighted by molar-refractivity contribution is 5.98. The van der Waals surface area contributed by atoms with Gasteiger partial charge in [0.1, 0.15) is 6.04 Å². The lowest BCUT2D eigenvalue weighted by Gasteiger charge is -2.23. The quantitative estimate of drug-likeness (QED) is 0.589. The highest BCUT2D eigenvalue weighted by atomic mass is 16.2. The normalized spacial score (nSPS) is 19.2. The molecule has 0 bridgehead atoms. The van der Waals surface area contributed by atoms with E-state index in [-0.39, 0.29) is 18.4 Å². The van der Waals surface area contributed by atoms with E-state index >= 15 is 0 Å². The van der Waals surface area contributed by atoms with Crippen LogP contribution in [0, 0.1) is 0 Å². The number of carbonyl (C=O) groups is 2. The number of nitrogens with one attached hydrogen (secondary N) is 4. The van der Waals surface area contributed by atoms with Crippen molar-refractivity contribution >= 4 is 28.4 Å². The summed E-state index contributed by atoms with van der Waals surface area (Å²) in [5, 5.41) is 16.1. The van der Waals surface area contributed by atoms with Gasteiger partial charge in [-0.05, 0) is 18.2 Å². The Bertz CT molecular complexity index is 626. The fourth-order valence-electron chi connectivity index (χ4n) is 2.00. The second-order valence-electron chi connectivity index (χ2n) is 4.40. The molecule has 2 amide bonds. The minimum Gasteiger partial charge on any atom is -0.353 e. The number of rotatable bonds is 2. The molecular weight excluding hydrogens is 246 g/mol. The monoisotopic (exact) mass is 259 g/mol. The number of benzene rings is 1. The average molecular weight is 259 g/mol. The minimum absolute atomic E-state index is 0.0945. The number of nitrogens with zero attached hydrogens (tertiary/aromatic N) is 1. The maximum Gasteiger partial charge on any atom is 0.243 e. The van der Waals surface area contributed by atoms with Gasteiger partial charge in [0.15, 0.2) is 0 Å². The molecule has 1 aromatic carbocycles. The third kappa shape index (κ3) is 2.41. The van der Waals surface area contributed by atoms with Crippen molar-refractivity contribution < 1.29 is 9.59 Å². The molecule has 0 saturated carbocycles. The summed E-state index contributed by atoms with van der Waals surface area (Å²) < 4.78 is 0. The molecule has 19 heavy (non-hydrogen) atoms. The molecule has 1 atom stereocenters. The van der Waals surface area contributed by atoms with Gasteiger partial charge in [0.2, 0.25) is 11.8 Å². The van der Waals surface area contributed by atoms with Crippen LogP contribution in [0.3, 0.4) is 0 Å². The van der Waals surface area contributed by atoms with Crippen molar-refractivity contribution in [2.75, 3.05) is 18.4 Å². The largest absolute Gasteiger partial charge is 0.353 e. The Morgan fingerprint density at radius 2 is 2.32 bits per heavy atom. The Hall–Kier alpha value is -2.41. The lowest BCUT2D eigenvalue weighted by Crippen LogP contribution is -2.56. The molecule has 1 saturated heterocycles. The summed E-state index contributed by atoms with van der Waals surface area (Å²) in [4.78, 5) is 23.0. The number of fused-ring (bicyclic) bond motifs is 1. The van der Waals surface area contributed by atoms with Crippen LogP contribution in [0.5, 0.6) is 0 Å². The predicted molar refractivity (Wildman–Crippen MR) is 69.5 cm³/mol. The van der Waals surface area contributed by atoms with Crippen LogP contribution in [-0.2, 0) is 9.59 Å². The number of amides is 2. The SMILES string of the molecule is O=C1CNC(C(=O)Nc2ccc3cn[nH]c3c2)CN1. The summed E-state index contributed by atoms with van der Waals surface area (Å²) in [5.74, 6) is -0.262. The highest BCUT2D eigenvalue weighted by Gasteiger charge is 2.23. The third-order valence-corrected chi connectivity index (χ3v) is 3.04. The molecule has 4 N–H and O–H groups in total. The molecule has 7 heteroatoms. The van der Waals surface area contributed by atoms with E-state index in [1.807, 2.05) is 18.2 Å². The van der Waals surface area contributed by atoms with Crippen LogP contribution in [0.1, 0.15) is 0 Å². The standard InChI is InChI=1S/C12H13N5O2/c18-11-6-13-10(5-14-11)12(19)16-8-2-1-7-4-15-17-9(7)3-8/h1-4,10,13H,5-6H2,(H,14,18)(H,15,17)(H,16,19). The molecule has 0 radical (unpaired) electrons. The van der Waals surface area contributed by atoms with Gasteiger partial charge >= 0.3 is 0 Å². The first-order valence-electron chi connectivity index (χ1n) is 5.96. The summed E-state index contributed by atoms with van der Waals surface area (Å²) in [5.41, 5.74) is 1.56. The Kier molecular flexibility index (Phi) is 2.88. The van der Waals surface area contributed by atoms with E-state index in [1.165, 1.54) is 0 Å². The number of hydrogen-bond donors (Lipinski definition) is 4. The molecular formula is C12H13N5O2. The number of aromatic nitrogens is 2. The molecule has 1 fully saturated rings. The summed E-state index contributed by atoms with van der Waals surface area (Å²) in [6.45, 7) is 0.467. The molecule has 0 aliphatic carbocycles. The van der Waals surface area contributed by atoms with Gasteiger partial charge in [0.05, 0.1) is 18.3 Å². The summed E-state index contributed by atoms with van der Waals surface area (Å²) in [6, 6.07) is 5.11. The number of hydrogen-bond acceptors (Lipinski definition) is 4. The van der Waals surface area contributed by atoms with Crippen molar-refractivity contribution in [2.24, 2.45) is 0 Å². The Morgan fingerprint density at radius 1 is 1.42 bits per heavy atom. The first kappa shape index (κ1) is 11.7. The van der Waals surface area contributed by atoms with Crippen molar-refractivity contribution in [1.82, 2.24) is 20.8 Å².